The smallest absolute Gasteiger partial charge is 0.237 e. The van der Waals surface area contributed by atoms with E-state index in [1.54, 1.807) is 6.07 Å². The van der Waals surface area contributed by atoms with Gasteiger partial charge in [0.2, 0.25) is 5.91 Å². The number of aromatic nitrogens is 2. The van der Waals surface area contributed by atoms with Crippen LogP contribution in [0.15, 0.2) is 6.07 Å². The molecule has 19 heavy (non-hydrogen) atoms. The second-order valence-electron chi connectivity index (χ2n) is 5.91. The number of rotatable bonds is 4. The minimum atomic E-state index is -0.400. The van der Waals surface area contributed by atoms with E-state index >= 15 is 0 Å². The third kappa shape index (κ3) is 4.08. The van der Waals surface area contributed by atoms with E-state index in [-0.39, 0.29) is 18.0 Å². The molecule has 0 bridgehead atoms. The van der Waals surface area contributed by atoms with E-state index in [4.69, 9.17) is 11.5 Å². The Hall–Kier alpha value is -1.85. The molecule has 0 aliphatic rings. The van der Waals surface area contributed by atoms with Crippen LogP contribution in [0.2, 0.25) is 0 Å². The van der Waals surface area contributed by atoms with Crippen molar-refractivity contribution >= 4 is 17.5 Å². The summed E-state index contributed by atoms with van der Waals surface area (Å²) >= 11 is 0. The Morgan fingerprint density at radius 2 is 1.95 bits per heavy atom. The van der Waals surface area contributed by atoms with Crippen LogP contribution in [0.1, 0.15) is 40.4 Å². The van der Waals surface area contributed by atoms with E-state index in [0.717, 1.165) is 0 Å². The molecule has 1 aromatic rings. The molecular weight excluding hydrogens is 242 g/mol. The van der Waals surface area contributed by atoms with Gasteiger partial charge in [0.15, 0.2) is 0 Å². The molecule has 0 spiro atoms. The highest BCUT2D eigenvalue weighted by atomic mass is 16.1. The second-order valence-corrected chi connectivity index (χ2v) is 5.91. The summed E-state index contributed by atoms with van der Waals surface area (Å²) in [6, 6.07) is 1.76. The minimum absolute atomic E-state index is 0.0922. The van der Waals surface area contributed by atoms with Gasteiger partial charge in [0.05, 0.1) is 6.54 Å². The van der Waals surface area contributed by atoms with E-state index in [9.17, 15) is 4.79 Å². The van der Waals surface area contributed by atoms with Crippen molar-refractivity contribution in [2.45, 2.75) is 46.1 Å². The molecule has 0 atom stereocenters. The van der Waals surface area contributed by atoms with Crippen LogP contribution >= 0.6 is 0 Å². The van der Waals surface area contributed by atoms with Crippen LogP contribution < -0.4 is 16.4 Å². The Kier molecular flexibility index (Phi) is 4.34. The summed E-state index contributed by atoms with van der Waals surface area (Å²) < 4.78 is 0. The van der Waals surface area contributed by atoms with E-state index in [1.165, 1.54) is 0 Å². The lowest BCUT2D eigenvalue weighted by Crippen LogP contribution is -2.39. The van der Waals surface area contributed by atoms with Gasteiger partial charge < -0.3 is 16.4 Å². The first-order chi connectivity index (χ1) is 8.61. The van der Waals surface area contributed by atoms with Gasteiger partial charge in [-0.25, -0.2) is 9.97 Å². The number of nitrogens with two attached hydrogens (primary N) is 2. The fraction of sp³-hybridized carbons (Fsp3) is 0.615. The fourth-order valence-electron chi connectivity index (χ4n) is 1.63. The molecule has 0 aliphatic heterocycles. The number of amides is 1. The van der Waals surface area contributed by atoms with Gasteiger partial charge in [0, 0.05) is 17.5 Å². The number of primary amides is 1. The monoisotopic (exact) mass is 265 g/mol. The van der Waals surface area contributed by atoms with Gasteiger partial charge in [-0.3, -0.25) is 4.79 Å². The third-order valence-corrected chi connectivity index (χ3v) is 2.65. The van der Waals surface area contributed by atoms with Crippen molar-refractivity contribution in [3.8, 4) is 0 Å². The molecule has 0 aromatic carbocycles. The predicted octanol–water partition coefficient (Wildman–Crippen LogP) is 1.06. The quantitative estimate of drug-likeness (QED) is 0.848. The summed E-state index contributed by atoms with van der Waals surface area (Å²) in [4.78, 5) is 21.7. The van der Waals surface area contributed by atoms with E-state index in [2.05, 4.69) is 9.97 Å². The highest BCUT2D eigenvalue weighted by Crippen LogP contribution is 2.23. The van der Waals surface area contributed by atoms with Crippen molar-refractivity contribution in [2.24, 2.45) is 5.73 Å². The van der Waals surface area contributed by atoms with Crippen molar-refractivity contribution in [1.82, 2.24) is 9.97 Å². The molecule has 6 nitrogen and oxygen atoms in total. The normalized spacial score (nSPS) is 11.7. The summed E-state index contributed by atoms with van der Waals surface area (Å²) in [7, 11) is 0. The Bertz CT molecular complexity index is 465. The maximum Gasteiger partial charge on any atom is 0.237 e. The van der Waals surface area contributed by atoms with Gasteiger partial charge in [-0.2, -0.15) is 0 Å². The summed E-state index contributed by atoms with van der Waals surface area (Å²) in [5, 5.41) is 0. The van der Waals surface area contributed by atoms with Crippen molar-refractivity contribution < 1.29 is 4.79 Å². The maximum absolute atomic E-state index is 11.2. The van der Waals surface area contributed by atoms with Gasteiger partial charge in [0.1, 0.15) is 17.5 Å². The Morgan fingerprint density at radius 3 is 2.37 bits per heavy atom. The predicted molar refractivity (Wildman–Crippen MR) is 76.8 cm³/mol. The molecule has 0 saturated heterocycles. The Balaban J connectivity index is 3.24. The summed E-state index contributed by atoms with van der Waals surface area (Å²) in [5.41, 5.74) is 10.9. The van der Waals surface area contributed by atoms with Crippen LogP contribution in [-0.4, -0.2) is 28.5 Å². The lowest BCUT2D eigenvalue weighted by Gasteiger charge is -2.28. The maximum atomic E-state index is 11.2. The Labute approximate surface area is 114 Å². The van der Waals surface area contributed by atoms with Gasteiger partial charge in [-0.15, -0.1) is 0 Å². The summed E-state index contributed by atoms with van der Waals surface area (Å²) in [5.74, 6) is 1.28. The lowest BCUT2D eigenvalue weighted by molar-refractivity contribution is -0.116. The Morgan fingerprint density at radius 1 is 1.37 bits per heavy atom. The van der Waals surface area contributed by atoms with Crippen LogP contribution in [0.4, 0.5) is 11.6 Å². The average molecular weight is 265 g/mol. The first-order valence-corrected chi connectivity index (χ1v) is 6.31. The zero-order valence-electron chi connectivity index (χ0n) is 12.3. The van der Waals surface area contributed by atoms with Gasteiger partial charge in [0.25, 0.3) is 0 Å². The molecule has 4 N–H and O–H groups in total. The topological polar surface area (TPSA) is 98.1 Å². The van der Waals surface area contributed by atoms with Crippen molar-refractivity contribution in [2.75, 3.05) is 17.2 Å². The lowest BCUT2D eigenvalue weighted by atomic mass is 9.96. The van der Waals surface area contributed by atoms with E-state index in [1.807, 2.05) is 39.5 Å². The van der Waals surface area contributed by atoms with E-state index in [0.29, 0.717) is 17.5 Å². The number of anilines is 2. The number of hydrogen-bond donors (Lipinski definition) is 2. The molecule has 1 rings (SSSR count). The molecular formula is C13H23N5O. The molecule has 106 valence electrons. The van der Waals surface area contributed by atoms with E-state index < -0.39 is 5.91 Å². The summed E-state index contributed by atoms with van der Waals surface area (Å²) in [6.45, 7) is 10.1. The molecule has 6 heteroatoms. The van der Waals surface area contributed by atoms with Gasteiger partial charge in [-0.05, 0) is 13.8 Å². The van der Waals surface area contributed by atoms with Crippen LogP contribution in [0.3, 0.4) is 0 Å². The number of carbonyl (C=O) groups is 1. The number of hydrogen-bond acceptors (Lipinski definition) is 5. The molecule has 0 saturated carbocycles. The van der Waals surface area contributed by atoms with Crippen LogP contribution in [-0.2, 0) is 10.2 Å². The summed E-state index contributed by atoms with van der Waals surface area (Å²) in [6.07, 6.45) is 0. The molecule has 1 heterocycles. The first kappa shape index (κ1) is 15.2. The van der Waals surface area contributed by atoms with Crippen LogP contribution in [0.25, 0.3) is 0 Å². The minimum Gasteiger partial charge on any atom is -0.384 e. The van der Waals surface area contributed by atoms with Crippen molar-refractivity contribution in [3.63, 3.8) is 0 Å². The number of nitrogen functional groups attached to an aromatic ring is 1. The molecule has 0 fully saturated rings. The second kappa shape index (κ2) is 5.42. The molecule has 0 aliphatic carbocycles. The van der Waals surface area contributed by atoms with Crippen molar-refractivity contribution in [3.05, 3.63) is 11.9 Å². The zero-order valence-corrected chi connectivity index (χ0v) is 12.3. The fourth-order valence-corrected chi connectivity index (χ4v) is 1.63. The highest BCUT2D eigenvalue weighted by molar-refractivity contribution is 5.79. The first-order valence-electron chi connectivity index (χ1n) is 6.31. The standard InChI is InChI=1S/C13H23N5O/c1-8(2)18(7-10(15)19)11-6-9(14)16-12(17-11)13(3,4)5/h6,8H,7H2,1-5H3,(H2,15,19)(H2,14,16,17). The van der Waals surface area contributed by atoms with Gasteiger partial charge in [-0.1, -0.05) is 20.8 Å². The van der Waals surface area contributed by atoms with Crippen molar-refractivity contribution in [1.29, 1.82) is 0 Å². The molecule has 1 aromatic heterocycles. The molecule has 0 unspecified atom stereocenters. The molecule has 0 radical (unpaired) electrons. The molecule has 1 amide bonds. The highest BCUT2D eigenvalue weighted by Gasteiger charge is 2.22. The van der Waals surface area contributed by atoms with Crippen LogP contribution in [0.5, 0.6) is 0 Å². The third-order valence-electron chi connectivity index (χ3n) is 2.65. The number of nitrogens with zero attached hydrogens (tertiary/aromatic N) is 3. The van der Waals surface area contributed by atoms with Crippen LogP contribution in [0, 0.1) is 0 Å². The SMILES string of the molecule is CC(C)N(CC(N)=O)c1cc(N)nc(C(C)(C)C)n1. The largest absolute Gasteiger partial charge is 0.384 e. The van der Waals surface area contributed by atoms with Gasteiger partial charge >= 0.3 is 0 Å². The zero-order chi connectivity index (χ0) is 14.8. The number of carbonyl (C=O) groups excluding carboxylic acids is 1. The average Bonchev–Trinajstić information content (AvgIpc) is 2.23.